The number of amides is 4. The van der Waals surface area contributed by atoms with Gasteiger partial charge >= 0.3 is 22.5 Å². The lowest BCUT2D eigenvalue weighted by Crippen LogP contribution is -2.37. The minimum atomic E-state index is -2.88. The Morgan fingerprint density at radius 3 is 2.02 bits per heavy atom. The topological polar surface area (TPSA) is 190 Å². The third-order valence-electron chi connectivity index (χ3n) is 5.64. The molecule has 0 aliphatic carbocycles. The number of carboxylic acids is 1. The summed E-state index contributed by atoms with van der Waals surface area (Å²) in [4.78, 5) is 49.1. The highest BCUT2D eigenvalue weighted by Crippen LogP contribution is 2.31. The van der Waals surface area contributed by atoms with Gasteiger partial charge in [0.25, 0.3) is 0 Å². The first-order valence-corrected chi connectivity index (χ1v) is 13.2. The number of nitrogens with zero attached hydrogens (tertiary/aromatic N) is 1. The Morgan fingerprint density at radius 2 is 1.50 bits per heavy atom. The summed E-state index contributed by atoms with van der Waals surface area (Å²) >= 11 is 0. The van der Waals surface area contributed by atoms with E-state index in [0.29, 0.717) is 29.2 Å². The molecule has 2 aromatic carbocycles. The molecule has 216 valence electrons. The second-order valence-electron chi connectivity index (χ2n) is 9.17. The number of nitrogens with one attached hydrogen (secondary N) is 3. The van der Waals surface area contributed by atoms with Crippen molar-refractivity contribution in [2.75, 3.05) is 24.9 Å². The average Bonchev–Trinajstić information content (AvgIpc) is 2.87. The summed E-state index contributed by atoms with van der Waals surface area (Å²) in [5.74, 6) is -1.89. The first-order valence-electron chi connectivity index (χ1n) is 12.2. The number of anilines is 2. The normalized spacial score (nSPS) is 12.0. The van der Waals surface area contributed by atoms with Crippen LogP contribution in [0.2, 0.25) is 0 Å². The fourth-order valence-corrected chi connectivity index (χ4v) is 4.11. The molecule has 13 nitrogen and oxygen atoms in total. The van der Waals surface area contributed by atoms with Crippen LogP contribution in [0.1, 0.15) is 44.7 Å². The number of ether oxygens (including phenoxy) is 2. The van der Waals surface area contributed by atoms with Gasteiger partial charge in [0, 0.05) is 23.7 Å². The summed E-state index contributed by atoms with van der Waals surface area (Å²) in [7, 11) is 0.0340. The van der Waals surface area contributed by atoms with Crippen LogP contribution in [0.15, 0.2) is 46.8 Å². The van der Waals surface area contributed by atoms with Crippen LogP contribution < -0.4 is 25.4 Å². The first kappa shape index (κ1) is 31.8. The second-order valence-corrected chi connectivity index (χ2v) is 9.78. The Bertz CT molecular complexity index is 1350. The molecule has 40 heavy (non-hydrogen) atoms. The maximum absolute atomic E-state index is 13.3. The Labute approximate surface area is 233 Å². The molecule has 0 aliphatic rings. The molecule has 2 atom stereocenters. The lowest BCUT2D eigenvalue weighted by atomic mass is 9.92. The van der Waals surface area contributed by atoms with Gasteiger partial charge in [0.2, 0.25) is 11.8 Å². The van der Waals surface area contributed by atoms with Crippen molar-refractivity contribution in [2.24, 2.45) is 16.2 Å². The molecule has 2 aromatic rings. The molecule has 0 radical (unpaired) electrons. The molecule has 2 rings (SSSR count). The van der Waals surface area contributed by atoms with Crippen molar-refractivity contribution in [2.45, 2.75) is 39.2 Å². The van der Waals surface area contributed by atoms with E-state index < -0.39 is 46.3 Å². The van der Waals surface area contributed by atoms with Gasteiger partial charge in [-0.15, -0.1) is 0 Å². The molecule has 0 aromatic heterocycles. The lowest BCUT2D eigenvalue weighted by Gasteiger charge is -2.24. The number of benzene rings is 2. The molecular weight excluding hydrogens is 544 g/mol. The van der Waals surface area contributed by atoms with Crippen LogP contribution in [-0.2, 0) is 24.9 Å². The highest BCUT2D eigenvalue weighted by atomic mass is 32.2. The molecule has 0 heterocycles. The number of carboxylic acid groups (broad SMARTS) is 1. The number of rotatable bonds is 13. The number of aliphatic carboxylic acids is 1. The van der Waals surface area contributed by atoms with Crippen molar-refractivity contribution in [3.05, 3.63) is 48.0 Å². The standard InChI is InChI=1S/C26H32N4O9S/c1-15(2)11-17(13-23(31)27-18-6-8-19(9-7-18)28-26(35)30-40(36)37)25(34)29-20(14-24(32)33)16-5-10-21(38-3)22(12-16)39-4/h5-10,12,15,17,20H,11,13-14H2,1-4H3,(H,27,31)(H,28,35)(H,29,34)(H,32,33). The van der Waals surface area contributed by atoms with Gasteiger partial charge in [-0.05, 0) is 54.3 Å². The maximum atomic E-state index is 13.3. The number of hydrogen-bond acceptors (Lipinski definition) is 8. The highest BCUT2D eigenvalue weighted by molar-refractivity contribution is 7.62. The van der Waals surface area contributed by atoms with E-state index in [1.807, 2.05) is 13.8 Å². The van der Waals surface area contributed by atoms with E-state index in [2.05, 4.69) is 20.3 Å². The zero-order valence-corrected chi connectivity index (χ0v) is 23.3. The third-order valence-corrected chi connectivity index (χ3v) is 5.96. The molecule has 0 spiro atoms. The number of methoxy groups -OCH3 is 2. The van der Waals surface area contributed by atoms with E-state index in [4.69, 9.17) is 9.47 Å². The molecule has 0 bridgehead atoms. The van der Waals surface area contributed by atoms with Gasteiger partial charge in [-0.25, -0.2) is 4.79 Å². The zero-order valence-electron chi connectivity index (χ0n) is 22.5. The quantitative estimate of drug-likeness (QED) is 0.276. The Morgan fingerprint density at radius 1 is 0.900 bits per heavy atom. The van der Waals surface area contributed by atoms with Gasteiger partial charge in [0.15, 0.2) is 11.5 Å². The molecule has 0 aliphatic heterocycles. The predicted octanol–water partition coefficient (Wildman–Crippen LogP) is 3.62. The van der Waals surface area contributed by atoms with Gasteiger partial charge in [0.05, 0.1) is 26.7 Å². The number of urea groups is 1. The highest BCUT2D eigenvalue weighted by Gasteiger charge is 2.27. The summed E-state index contributed by atoms with van der Waals surface area (Å²) in [6, 6.07) is 8.75. The first-order chi connectivity index (χ1) is 18.9. The summed E-state index contributed by atoms with van der Waals surface area (Å²) < 4.78 is 34.3. The van der Waals surface area contributed by atoms with Crippen LogP contribution in [0.3, 0.4) is 0 Å². The van der Waals surface area contributed by atoms with E-state index >= 15 is 0 Å². The molecule has 0 fully saturated rings. The van der Waals surface area contributed by atoms with Gasteiger partial charge in [-0.3, -0.25) is 14.4 Å². The van der Waals surface area contributed by atoms with Crippen molar-refractivity contribution >= 4 is 45.7 Å². The van der Waals surface area contributed by atoms with Crippen LogP contribution in [-0.4, -0.2) is 51.6 Å². The molecule has 14 heteroatoms. The molecule has 4 N–H and O–H groups in total. The number of hydrogen-bond donors (Lipinski definition) is 4. The van der Waals surface area contributed by atoms with Gasteiger partial charge in [-0.2, -0.15) is 8.42 Å². The Hall–Kier alpha value is -4.46. The van der Waals surface area contributed by atoms with E-state index in [-0.39, 0.29) is 24.4 Å². The van der Waals surface area contributed by atoms with E-state index in [9.17, 15) is 32.7 Å². The van der Waals surface area contributed by atoms with Crippen molar-refractivity contribution < 1.29 is 42.2 Å². The zero-order chi connectivity index (χ0) is 29.8. The molecule has 0 saturated carbocycles. The van der Waals surface area contributed by atoms with Crippen molar-refractivity contribution in [3.63, 3.8) is 0 Å². The largest absolute Gasteiger partial charge is 0.493 e. The minimum absolute atomic E-state index is 0.0688. The maximum Gasteiger partial charge on any atom is 0.360 e. The lowest BCUT2D eigenvalue weighted by molar-refractivity contribution is -0.138. The van der Waals surface area contributed by atoms with Gasteiger partial charge in [-0.1, -0.05) is 24.3 Å². The van der Waals surface area contributed by atoms with Crippen molar-refractivity contribution in [1.29, 1.82) is 0 Å². The molecular formula is C26H32N4O9S. The van der Waals surface area contributed by atoms with Crippen LogP contribution in [0, 0.1) is 11.8 Å². The average molecular weight is 577 g/mol. The van der Waals surface area contributed by atoms with Crippen molar-refractivity contribution in [1.82, 2.24) is 5.32 Å². The fraction of sp³-hybridized carbons (Fsp3) is 0.385. The summed E-state index contributed by atoms with van der Waals surface area (Å²) in [6.07, 6.45) is -0.175. The summed E-state index contributed by atoms with van der Waals surface area (Å²) in [5.41, 5.74) is 1.14. The van der Waals surface area contributed by atoms with Crippen LogP contribution in [0.5, 0.6) is 11.5 Å². The van der Waals surface area contributed by atoms with E-state index in [0.717, 1.165) is 0 Å². The van der Waals surface area contributed by atoms with E-state index in [1.54, 1.807) is 18.2 Å². The van der Waals surface area contributed by atoms with E-state index in [1.165, 1.54) is 38.5 Å². The Kier molecular flexibility index (Phi) is 12.1. The summed E-state index contributed by atoms with van der Waals surface area (Å²) in [5, 5.41) is 17.2. The number of carbonyl (C=O) groups excluding carboxylic acids is 3. The van der Waals surface area contributed by atoms with Gasteiger partial charge < -0.3 is 30.5 Å². The van der Waals surface area contributed by atoms with Crippen molar-refractivity contribution in [3.8, 4) is 11.5 Å². The second kappa shape index (κ2) is 15.2. The van der Waals surface area contributed by atoms with Crippen LogP contribution >= 0.6 is 0 Å². The molecule has 0 saturated heterocycles. The van der Waals surface area contributed by atoms with Crippen LogP contribution in [0.4, 0.5) is 16.2 Å². The fourth-order valence-electron chi connectivity index (χ4n) is 3.92. The van der Waals surface area contributed by atoms with Crippen LogP contribution in [0.25, 0.3) is 0 Å². The monoisotopic (exact) mass is 576 g/mol. The smallest absolute Gasteiger partial charge is 0.360 e. The summed E-state index contributed by atoms with van der Waals surface area (Å²) in [6.45, 7) is 3.81. The minimum Gasteiger partial charge on any atom is -0.493 e. The molecule has 4 amide bonds. The predicted molar refractivity (Wildman–Crippen MR) is 146 cm³/mol. The number of carbonyl (C=O) groups is 4. The Balaban J connectivity index is 2.15. The SMILES string of the molecule is COc1ccc(C(CC(=O)O)NC(=O)C(CC(=O)Nc2ccc(NC(=O)N=S(=O)=O)cc2)CC(C)C)cc1OC. The van der Waals surface area contributed by atoms with Gasteiger partial charge in [0.1, 0.15) is 0 Å². The molecule has 2 unspecified atom stereocenters. The third kappa shape index (κ3) is 10.4.